The second-order valence-corrected chi connectivity index (χ2v) is 3.93. The van der Waals surface area contributed by atoms with Crippen LogP contribution in [0.2, 0.25) is 0 Å². The van der Waals surface area contributed by atoms with Gasteiger partial charge < -0.3 is 15.7 Å². The minimum atomic E-state index is -0.847. The lowest BCUT2D eigenvalue weighted by atomic mass is 10.1. The molecule has 1 rings (SSSR count). The molecule has 0 bridgehead atoms. The molecule has 0 radical (unpaired) electrons. The predicted octanol–water partition coefficient (Wildman–Crippen LogP) is 2.24. The summed E-state index contributed by atoms with van der Waals surface area (Å²) < 4.78 is 0. The van der Waals surface area contributed by atoms with Gasteiger partial charge in [-0.1, -0.05) is 25.1 Å². The summed E-state index contributed by atoms with van der Waals surface area (Å²) in [6, 6.07) is 6.95. The average Bonchev–Trinajstić information content (AvgIpc) is 2.35. The SMILES string of the molecule is CCCNC(=O)Nc1ccccc1CCC(=O)O. The van der Waals surface area contributed by atoms with Crippen molar-refractivity contribution in [2.45, 2.75) is 26.2 Å². The molecule has 0 aromatic heterocycles. The monoisotopic (exact) mass is 250 g/mol. The van der Waals surface area contributed by atoms with Gasteiger partial charge >= 0.3 is 12.0 Å². The predicted molar refractivity (Wildman–Crippen MR) is 69.7 cm³/mol. The van der Waals surface area contributed by atoms with Gasteiger partial charge in [-0.25, -0.2) is 4.79 Å². The normalized spacial score (nSPS) is 9.83. The molecule has 0 aliphatic carbocycles. The van der Waals surface area contributed by atoms with Gasteiger partial charge in [-0.15, -0.1) is 0 Å². The summed E-state index contributed by atoms with van der Waals surface area (Å²) in [5, 5.41) is 14.1. The van der Waals surface area contributed by atoms with Gasteiger partial charge in [0.05, 0.1) is 0 Å². The number of carbonyl (C=O) groups excluding carboxylic acids is 1. The number of urea groups is 1. The molecule has 98 valence electrons. The molecule has 3 N–H and O–H groups in total. The quantitative estimate of drug-likeness (QED) is 0.724. The molecule has 0 unspecified atom stereocenters. The first-order valence-corrected chi connectivity index (χ1v) is 5.98. The van der Waals surface area contributed by atoms with Crippen molar-refractivity contribution >= 4 is 17.7 Å². The van der Waals surface area contributed by atoms with E-state index in [2.05, 4.69) is 10.6 Å². The summed E-state index contributed by atoms with van der Waals surface area (Å²) in [5.41, 5.74) is 1.49. The molecule has 0 heterocycles. The highest BCUT2D eigenvalue weighted by molar-refractivity contribution is 5.90. The number of anilines is 1. The molecule has 0 aliphatic rings. The van der Waals surface area contributed by atoms with Crippen molar-refractivity contribution in [3.63, 3.8) is 0 Å². The first-order valence-electron chi connectivity index (χ1n) is 5.98. The van der Waals surface area contributed by atoms with Crippen LogP contribution in [0.3, 0.4) is 0 Å². The summed E-state index contributed by atoms with van der Waals surface area (Å²) in [5.74, 6) is -0.847. The second kappa shape index (κ2) is 7.32. The highest BCUT2D eigenvalue weighted by Crippen LogP contribution is 2.16. The Bertz CT molecular complexity index is 418. The van der Waals surface area contributed by atoms with Crippen LogP contribution in [-0.4, -0.2) is 23.7 Å². The van der Waals surface area contributed by atoms with Crippen molar-refractivity contribution in [2.24, 2.45) is 0 Å². The molecule has 1 aromatic carbocycles. The largest absolute Gasteiger partial charge is 0.481 e. The van der Waals surface area contributed by atoms with Gasteiger partial charge in [0.2, 0.25) is 0 Å². The summed E-state index contributed by atoms with van der Waals surface area (Å²) in [6.07, 6.45) is 1.32. The Balaban J connectivity index is 2.63. The van der Waals surface area contributed by atoms with Crippen molar-refractivity contribution in [3.05, 3.63) is 29.8 Å². The molecule has 0 saturated heterocycles. The van der Waals surface area contributed by atoms with Crippen molar-refractivity contribution in [3.8, 4) is 0 Å². The van der Waals surface area contributed by atoms with Crippen LogP contribution in [0.15, 0.2) is 24.3 Å². The van der Waals surface area contributed by atoms with E-state index in [4.69, 9.17) is 5.11 Å². The molecule has 2 amide bonds. The van der Waals surface area contributed by atoms with Gasteiger partial charge in [-0.2, -0.15) is 0 Å². The van der Waals surface area contributed by atoms with E-state index < -0.39 is 5.97 Å². The number of hydrogen-bond donors (Lipinski definition) is 3. The van der Waals surface area contributed by atoms with Gasteiger partial charge in [0.1, 0.15) is 0 Å². The minimum absolute atomic E-state index is 0.0509. The van der Waals surface area contributed by atoms with E-state index in [0.29, 0.717) is 18.7 Å². The fourth-order valence-electron chi connectivity index (χ4n) is 1.51. The molecular formula is C13H18N2O3. The Morgan fingerprint density at radius 2 is 2.00 bits per heavy atom. The van der Waals surface area contributed by atoms with Crippen molar-refractivity contribution in [1.29, 1.82) is 0 Å². The Labute approximate surface area is 106 Å². The first kappa shape index (κ1) is 14.0. The molecule has 0 saturated carbocycles. The summed E-state index contributed by atoms with van der Waals surface area (Å²) in [6.45, 7) is 2.59. The lowest BCUT2D eigenvalue weighted by Gasteiger charge is -2.11. The number of nitrogens with one attached hydrogen (secondary N) is 2. The van der Waals surface area contributed by atoms with E-state index in [1.54, 1.807) is 12.1 Å². The first-order chi connectivity index (χ1) is 8.63. The maximum Gasteiger partial charge on any atom is 0.319 e. The number of carboxylic acids is 1. The zero-order chi connectivity index (χ0) is 13.4. The van der Waals surface area contributed by atoms with Crippen LogP contribution in [0.1, 0.15) is 25.3 Å². The zero-order valence-electron chi connectivity index (χ0n) is 10.4. The van der Waals surface area contributed by atoms with E-state index in [1.807, 2.05) is 19.1 Å². The molecule has 5 heteroatoms. The molecule has 18 heavy (non-hydrogen) atoms. The number of carboxylic acid groups (broad SMARTS) is 1. The lowest BCUT2D eigenvalue weighted by Crippen LogP contribution is -2.29. The topological polar surface area (TPSA) is 78.4 Å². The molecule has 0 spiro atoms. The Hall–Kier alpha value is -2.04. The van der Waals surface area contributed by atoms with E-state index in [1.165, 1.54) is 0 Å². The van der Waals surface area contributed by atoms with Gasteiger partial charge in [-0.3, -0.25) is 4.79 Å². The van der Waals surface area contributed by atoms with Crippen LogP contribution >= 0.6 is 0 Å². The molecule has 0 aliphatic heterocycles. The third-order valence-electron chi connectivity index (χ3n) is 2.41. The average molecular weight is 250 g/mol. The lowest BCUT2D eigenvalue weighted by molar-refractivity contribution is -0.136. The van der Waals surface area contributed by atoms with Crippen molar-refractivity contribution in [1.82, 2.24) is 5.32 Å². The number of carbonyl (C=O) groups is 2. The number of hydrogen-bond acceptors (Lipinski definition) is 2. The van der Waals surface area contributed by atoms with E-state index in [-0.39, 0.29) is 12.5 Å². The maximum absolute atomic E-state index is 11.5. The van der Waals surface area contributed by atoms with Crippen LogP contribution in [0, 0.1) is 0 Å². The number of amides is 2. The fourth-order valence-corrected chi connectivity index (χ4v) is 1.51. The molecule has 1 aromatic rings. The van der Waals surface area contributed by atoms with Crippen LogP contribution in [0.25, 0.3) is 0 Å². The van der Waals surface area contributed by atoms with Gasteiger partial charge in [0.25, 0.3) is 0 Å². The van der Waals surface area contributed by atoms with Crippen molar-refractivity contribution < 1.29 is 14.7 Å². The number of aryl methyl sites for hydroxylation is 1. The third kappa shape index (κ3) is 4.86. The molecule has 0 fully saturated rings. The number of rotatable bonds is 6. The summed E-state index contributed by atoms with van der Waals surface area (Å²) >= 11 is 0. The summed E-state index contributed by atoms with van der Waals surface area (Å²) in [4.78, 5) is 22.1. The van der Waals surface area contributed by atoms with Crippen LogP contribution < -0.4 is 10.6 Å². The Morgan fingerprint density at radius 1 is 1.28 bits per heavy atom. The van der Waals surface area contributed by atoms with Gasteiger partial charge in [0, 0.05) is 18.7 Å². The number of aliphatic carboxylic acids is 1. The third-order valence-corrected chi connectivity index (χ3v) is 2.41. The maximum atomic E-state index is 11.5. The second-order valence-electron chi connectivity index (χ2n) is 3.93. The zero-order valence-corrected chi connectivity index (χ0v) is 10.4. The highest BCUT2D eigenvalue weighted by Gasteiger charge is 2.07. The summed E-state index contributed by atoms with van der Waals surface area (Å²) in [7, 11) is 0. The van der Waals surface area contributed by atoms with E-state index >= 15 is 0 Å². The van der Waals surface area contributed by atoms with Gasteiger partial charge in [-0.05, 0) is 24.5 Å². The van der Waals surface area contributed by atoms with Crippen LogP contribution in [0.4, 0.5) is 10.5 Å². The Morgan fingerprint density at radius 3 is 2.67 bits per heavy atom. The van der Waals surface area contributed by atoms with E-state index in [0.717, 1.165) is 12.0 Å². The van der Waals surface area contributed by atoms with Crippen LogP contribution in [-0.2, 0) is 11.2 Å². The molecular weight excluding hydrogens is 232 g/mol. The molecule has 5 nitrogen and oxygen atoms in total. The van der Waals surface area contributed by atoms with E-state index in [9.17, 15) is 9.59 Å². The highest BCUT2D eigenvalue weighted by atomic mass is 16.4. The smallest absolute Gasteiger partial charge is 0.319 e. The van der Waals surface area contributed by atoms with Crippen molar-refractivity contribution in [2.75, 3.05) is 11.9 Å². The minimum Gasteiger partial charge on any atom is -0.481 e. The van der Waals surface area contributed by atoms with Gasteiger partial charge in [0.15, 0.2) is 0 Å². The fraction of sp³-hybridized carbons (Fsp3) is 0.385. The standard InChI is InChI=1S/C13H18N2O3/c1-2-9-14-13(18)15-11-6-4-3-5-10(11)7-8-12(16)17/h3-6H,2,7-9H2,1H3,(H,16,17)(H2,14,15,18). The number of benzene rings is 1. The Kier molecular flexibility index (Phi) is 5.70. The van der Waals surface area contributed by atoms with Crippen LogP contribution in [0.5, 0.6) is 0 Å². The molecule has 0 atom stereocenters. The number of para-hydroxylation sites is 1.